The fraction of sp³-hybridized carbons (Fsp3) is 0.238. The van der Waals surface area contributed by atoms with Crippen LogP contribution in [0, 0.1) is 0 Å². The van der Waals surface area contributed by atoms with Crippen LogP contribution in [0.5, 0.6) is 11.5 Å². The number of carbonyl (C=O) groups excluding carboxylic acids is 2. The van der Waals surface area contributed by atoms with Crippen LogP contribution in [0.1, 0.15) is 24.1 Å². The lowest BCUT2D eigenvalue weighted by molar-refractivity contribution is -0.138. The molecular formula is C21H20N2O5. The lowest BCUT2D eigenvalue weighted by Crippen LogP contribution is -2.46. The molecule has 2 aromatic carbocycles. The highest BCUT2D eigenvalue weighted by Gasteiger charge is 2.37. The van der Waals surface area contributed by atoms with Gasteiger partial charge in [-0.15, -0.1) is 0 Å². The van der Waals surface area contributed by atoms with Gasteiger partial charge in [-0.05, 0) is 30.2 Å². The summed E-state index contributed by atoms with van der Waals surface area (Å²) in [6.45, 7) is 2.13. The zero-order valence-electron chi connectivity index (χ0n) is 15.6. The van der Waals surface area contributed by atoms with E-state index >= 15 is 0 Å². The first-order valence-corrected chi connectivity index (χ1v) is 9.00. The van der Waals surface area contributed by atoms with Crippen LogP contribution < -0.4 is 14.8 Å². The number of urea groups is 1. The quantitative estimate of drug-likeness (QED) is 0.825. The number of ether oxygens (including phenoxy) is 3. The molecule has 7 heteroatoms. The number of carbonyl (C=O) groups is 2. The molecule has 1 N–H and O–H groups in total. The van der Waals surface area contributed by atoms with E-state index in [0.717, 1.165) is 5.56 Å². The summed E-state index contributed by atoms with van der Waals surface area (Å²) in [4.78, 5) is 27.1. The second-order valence-corrected chi connectivity index (χ2v) is 6.40. The maximum absolute atomic E-state index is 12.9. The van der Waals surface area contributed by atoms with E-state index in [1.54, 1.807) is 26.1 Å². The number of esters is 1. The Morgan fingerprint density at radius 1 is 1.18 bits per heavy atom. The van der Waals surface area contributed by atoms with Crippen LogP contribution in [0.25, 0.3) is 5.70 Å². The molecule has 144 valence electrons. The Kier molecular flexibility index (Phi) is 4.65. The number of nitrogens with one attached hydrogen (secondary N) is 1. The van der Waals surface area contributed by atoms with Gasteiger partial charge in [-0.25, -0.2) is 9.59 Å². The smallest absolute Gasteiger partial charge is 0.338 e. The number of rotatable bonds is 4. The van der Waals surface area contributed by atoms with Gasteiger partial charge in [0.05, 0.1) is 23.9 Å². The van der Waals surface area contributed by atoms with Crippen LogP contribution in [-0.4, -0.2) is 37.3 Å². The largest absolute Gasteiger partial charge is 0.463 e. The average Bonchev–Trinajstić information content (AvgIpc) is 3.18. The molecule has 2 heterocycles. The molecule has 1 atom stereocenters. The van der Waals surface area contributed by atoms with Gasteiger partial charge in [-0.3, -0.25) is 4.90 Å². The predicted molar refractivity (Wildman–Crippen MR) is 102 cm³/mol. The van der Waals surface area contributed by atoms with Crippen molar-refractivity contribution >= 4 is 17.7 Å². The summed E-state index contributed by atoms with van der Waals surface area (Å²) in [5.41, 5.74) is 2.36. The van der Waals surface area contributed by atoms with Gasteiger partial charge >= 0.3 is 12.0 Å². The number of benzene rings is 2. The minimum absolute atomic E-state index is 0.147. The monoisotopic (exact) mass is 380 g/mol. The Morgan fingerprint density at radius 2 is 1.93 bits per heavy atom. The molecule has 0 aliphatic carbocycles. The van der Waals surface area contributed by atoms with Crippen molar-refractivity contribution in [3.8, 4) is 11.5 Å². The van der Waals surface area contributed by atoms with Crippen LogP contribution in [-0.2, 0) is 9.53 Å². The van der Waals surface area contributed by atoms with Crippen molar-refractivity contribution in [2.24, 2.45) is 0 Å². The summed E-state index contributed by atoms with van der Waals surface area (Å²) < 4.78 is 16.1. The maximum atomic E-state index is 12.9. The van der Waals surface area contributed by atoms with E-state index < -0.39 is 12.0 Å². The van der Waals surface area contributed by atoms with Crippen molar-refractivity contribution in [1.82, 2.24) is 10.2 Å². The number of hydrogen-bond donors (Lipinski definition) is 1. The van der Waals surface area contributed by atoms with E-state index in [-0.39, 0.29) is 19.4 Å². The van der Waals surface area contributed by atoms with Gasteiger partial charge in [-0.2, -0.15) is 0 Å². The van der Waals surface area contributed by atoms with E-state index in [1.807, 2.05) is 36.4 Å². The van der Waals surface area contributed by atoms with Gasteiger partial charge in [0.2, 0.25) is 6.79 Å². The highest BCUT2D eigenvalue weighted by Crippen LogP contribution is 2.40. The Labute approximate surface area is 162 Å². The van der Waals surface area contributed by atoms with E-state index in [1.165, 1.54) is 4.90 Å². The topological polar surface area (TPSA) is 77.1 Å². The molecule has 2 aliphatic rings. The molecule has 2 aromatic rings. The van der Waals surface area contributed by atoms with Crippen LogP contribution in [0.2, 0.25) is 0 Å². The molecule has 0 bridgehead atoms. The molecule has 28 heavy (non-hydrogen) atoms. The fourth-order valence-electron chi connectivity index (χ4n) is 3.42. The van der Waals surface area contributed by atoms with Crippen molar-refractivity contribution < 1.29 is 23.8 Å². The van der Waals surface area contributed by atoms with Crippen LogP contribution in [0.15, 0.2) is 54.1 Å². The van der Waals surface area contributed by atoms with Crippen molar-refractivity contribution in [3.05, 3.63) is 65.2 Å². The summed E-state index contributed by atoms with van der Waals surface area (Å²) in [7, 11) is 1.63. The Hall–Kier alpha value is -3.48. The molecule has 0 radical (unpaired) electrons. The summed E-state index contributed by atoms with van der Waals surface area (Å²) >= 11 is 0. The van der Waals surface area contributed by atoms with E-state index in [9.17, 15) is 9.59 Å². The second kappa shape index (κ2) is 7.26. The Balaban J connectivity index is 1.89. The van der Waals surface area contributed by atoms with Crippen molar-refractivity contribution in [3.63, 3.8) is 0 Å². The molecule has 1 unspecified atom stereocenters. The number of fused-ring (bicyclic) bond motifs is 1. The fourth-order valence-corrected chi connectivity index (χ4v) is 3.42. The molecule has 2 aliphatic heterocycles. The average molecular weight is 380 g/mol. The normalized spacial score (nSPS) is 18.1. The first-order valence-electron chi connectivity index (χ1n) is 9.00. The molecule has 2 amide bonds. The van der Waals surface area contributed by atoms with E-state index in [2.05, 4.69) is 5.32 Å². The molecular weight excluding hydrogens is 360 g/mol. The summed E-state index contributed by atoms with van der Waals surface area (Å²) in [5, 5.41) is 2.89. The Morgan fingerprint density at radius 3 is 2.68 bits per heavy atom. The third kappa shape index (κ3) is 3.05. The molecule has 0 aromatic heterocycles. The minimum atomic E-state index is -0.674. The van der Waals surface area contributed by atoms with Gasteiger partial charge in [0.15, 0.2) is 11.5 Å². The molecule has 0 saturated heterocycles. The van der Waals surface area contributed by atoms with Gasteiger partial charge in [0.1, 0.15) is 0 Å². The first kappa shape index (κ1) is 17.9. The highest BCUT2D eigenvalue weighted by atomic mass is 16.7. The maximum Gasteiger partial charge on any atom is 0.338 e. The van der Waals surface area contributed by atoms with Gasteiger partial charge in [-0.1, -0.05) is 36.4 Å². The van der Waals surface area contributed by atoms with Crippen molar-refractivity contribution in [2.75, 3.05) is 20.4 Å². The molecule has 4 rings (SSSR count). The van der Waals surface area contributed by atoms with Gasteiger partial charge in [0.25, 0.3) is 0 Å². The van der Waals surface area contributed by atoms with Gasteiger partial charge in [0, 0.05) is 7.05 Å². The predicted octanol–water partition coefficient (Wildman–Crippen LogP) is 3.09. The lowest BCUT2D eigenvalue weighted by Gasteiger charge is -2.34. The van der Waals surface area contributed by atoms with Gasteiger partial charge < -0.3 is 19.5 Å². The zero-order chi connectivity index (χ0) is 19.7. The first-order chi connectivity index (χ1) is 13.6. The number of amides is 2. The van der Waals surface area contributed by atoms with Crippen molar-refractivity contribution in [2.45, 2.75) is 13.0 Å². The standard InChI is InChI=1S/C21H20N2O5/c1-3-26-20(24)17-18(14-9-10-15-16(11-14)28-12-27-15)22-21(25)23(2)19(17)13-7-5-4-6-8-13/h4-11,18H,3,12H2,1-2H3,(H,22,25). The number of nitrogens with zero attached hydrogens (tertiary/aromatic N) is 1. The molecule has 0 saturated carbocycles. The third-order valence-corrected chi connectivity index (χ3v) is 4.72. The number of hydrogen-bond acceptors (Lipinski definition) is 5. The zero-order valence-corrected chi connectivity index (χ0v) is 15.6. The lowest BCUT2D eigenvalue weighted by atomic mass is 9.92. The van der Waals surface area contributed by atoms with E-state index in [0.29, 0.717) is 28.3 Å². The SMILES string of the molecule is CCOC(=O)C1=C(c2ccccc2)N(C)C(=O)NC1c1ccc2c(c1)OCO2. The van der Waals surface area contributed by atoms with Crippen LogP contribution in [0.3, 0.4) is 0 Å². The summed E-state index contributed by atoms with van der Waals surface area (Å²) in [5.74, 6) is 0.735. The third-order valence-electron chi connectivity index (χ3n) is 4.72. The van der Waals surface area contributed by atoms with Crippen LogP contribution >= 0.6 is 0 Å². The minimum Gasteiger partial charge on any atom is -0.463 e. The molecule has 0 spiro atoms. The van der Waals surface area contributed by atoms with E-state index in [4.69, 9.17) is 14.2 Å². The van der Waals surface area contributed by atoms with Crippen LogP contribution in [0.4, 0.5) is 4.79 Å². The highest BCUT2D eigenvalue weighted by molar-refractivity contribution is 6.04. The second-order valence-electron chi connectivity index (χ2n) is 6.40. The molecule has 0 fully saturated rings. The summed E-state index contributed by atoms with van der Waals surface area (Å²) in [6.07, 6.45) is 0. The summed E-state index contributed by atoms with van der Waals surface area (Å²) in [6, 6.07) is 13.7. The molecule has 7 nitrogen and oxygen atoms in total. The van der Waals surface area contributed by atoms with Crippen molar-refractivity contribution in [1.29, 1.82) is 0 Å². The Bertz CT molecular complexity index is 955.